The number of carbonyl (C=O) groups is 1. The maximum absolute atomic E-state index is 13.8. The summed E-state index contributed by atoms with van der Waals surface area (Å²) in [5, 5.41) is 54.9. The Morgan fingerprint density at radius 1 is 0.287 bits per heavy atom. The molecule has 1 amide bonds. The summed E-state index contributed by atoms with van der Waals surface area (Å²) >= 11 is 0. The second-order valence-corrected chi connectivity index (χ2v) is 37.1. The summed E-state index contributed by atoms with van der Waals surface area (Å²) in [4.78, 5) is 15.5. The standard InChI is InChI=1S/C117H125F3N4O26/c118-117(119,120)116(129)122-90-58-56-78(57-59-90)60-61-133-113-109(141-73-89-54-32-11-33-55-89)107(149-114-108(140-72-88-52-30-10-31-53-88)105(138-70-86-48-26-8-27-49-86)101(135-67-83-42-20-5-21-43-83)93(146-114)75-131-64-80-36-14-2-15-37-80)103(95(145-113)77-142-112-99(128)104(137-69-85-46-24-7-25-47-85)100(134-66-82-40-18-4-19-41-82)92(144-112)74-130-63-79-34-12-1-13-35-79)148-115-110(150-111-96(123-124-121)98(127)97(126)91(62-125)143-111)106(139-71-87-50-28-9-29-51-87)102(136-68-84-44-22-6-23-45-84)94(147-115)76-132-65-81-38-16-3-17-39-81/h1-59,91-115,125-128H,60-77H2,(H,122,129)/t91-,92-,93-,94-,95-,96-,97-,98-,99-,100-,101-,102-,103-,104-,105+,106+,107+,108-,109-,110-,111-,112-,113+,114+,115+/m1/s1. The first-order valence-corrected chi connectivity index (χ1v) is 50.3. The molecule has 150 heavy (non-hydrogen) atoms. The van der Waals surface area contributed by atoms with Crippen LogP contribution in [0, 0.1) is 0 Å². The van der Waals surface area contributed by atoms with Crippen molar-refractivity contribution in [1.82, 2.24) is 0 Å². The number of ether oxygens (including phenoxy) is 21. The lowest BCUT2D eigenvalue weighted by atomic mass is 9.94. The van der Waals surface area contributed by atoms with Crippen molar-refractivity contribution in [2.45, 2.75) is 239 Å². The maximum atomic E-state index is 13.8. The number of nitrogens with one attached hydrogen (secondary N) is 1. The first-order valence-electron chi connectivity index (χ1n) is 50.3. The topological polar surface area (TPSA) is 353 Å². The molecule has 30 nitrogen and oxygen atoms in total. The van der Waals surface area contributed by atoms with Crippen LogP contribution in [0.25, 0.3) is 10.4 Å². The van der Waals surface area contributed by atoms with Gasteiger partial charge in [-0.2, -0.15) is 13.2 Å². The van der Waals surface area contributed by atoms with Crippen molar-refractivity contribution in [2.75, 3.05) is 45.0 Å². The second kappa shape index (κ2) is 56.5. The van der Waals surface area contributed by atoms with Crippen LogP contribution in [-0.4, -0.2) is 226 Å². The van der Waals surface area contributed by atoms with Gasteiger partial charge in [0.2, 0.25) is 0 Å². The molecule has 5 aliphatic heterocycles. The molecule has 5 saturated heterocycles. The SMILES string of the molecule is [N-]=[N+]=N[C@H]1[C@@H](O[C@H]2[C@H](O[C@H]3[C@H](O[C@@H]4O[C@H](COCc5ccccc5)[C@@H](OCc5ccccc5)[C@H](OCc5ccccc5)[C@H]4OCc4ccccc4)[C@@H](OCc4ccccc4)[C@@H](OCCc4ccc(NC(=O)C(F)(F)F)cc4)O[C@@H]3CO[C@@H]3O[C@H](COCc4ccccc4)[C@@H](OCc4ccccc4)[C@H](OCc4ccccc4)[C@H]3O)O[C@H](COCc3ccccc3)[C@@H](OCc3ccccc3)[C@@H]2OCc2ccccc2)O[C@H](CO)[C@@H](O)[C@@H]1O. The van der Waals surface area contributed by atoms with Crippen LogP contribution in [0.5, 0.6) is 0 Å². The third-order valence-corrected chi connectivity index (χ3v) is 26.3. The molecule has 0 aliphatic carbocycles. The Morgan fingerprint density at radius 2 is 0.573 bits per heavy atom. The molecule has 33 heteroatoms. The number of hydrogen-bond donors (Lipinski definition) is 5. The van der Waals surface area contributed by atoms with Crippen molar-refractivity contribution >= 4 is 11.6 Å². The Bertz CT molecular complexity index is 5950. The molecular formula is C117H125F3N4O26. The van der Waals surface area contributed by atoms with Gasteiger partial charge in [0.15, 0.2) is 31.5 Å². The van der Waals surface area contributed by atoms with Gasteiger partial charge in [-0.05, 0) is 90.8 Å². The number of alkyl halides is 3. The molecule has 5 heterocycles. The van der Waals surface area contributed by atoms with E-state index in [1.807, 2.05) is 339 Å². The molecule has 0 saturated carbocycles. The van der Waals surface area contributed by atoms with Gasteiger partial charge in [0.1, 0.15) is 116 Å². The first-order chi connectivity index (χ1) is 73.6. The molecule has 12 aromatic rings. The third kappa shape index (κ3) is 31.3. The molecule has 5 aliphatic rings. The lowest BCUT2D eigenvalue weighted by Crippen LogP contribution is -2.69. The van der Waals surface area contributed by atoms with Gasteiger partial charge in [-0.1, -0.05) is 351 Å². The van der Waals surface area contributed by atoms with Crippen molar-refractivity contribution in [2.24, 2.45) is 5.11 Å². The number of halogens is 3. The molecule has 12 aromatic carbocycles. The molecule has 0 radical (unpaired) electrons. The van der Waals surface area contributed by atoms with Crippen LogP contribution in [0.15, 0.2) is 363 Å². The fraction of sp³-hybridized carbons (Fsp3) is 0.376. The van der Waals surface area contributed by atoms with Crippen LogP contribution >= 0.6 is 0 Å². The minimum absolute atomic E-state index is 0.0219. The van der Waals surface area contributed by atoms with Crippen LogP contribution in [0.1, 0.15) is 66.8 Å². The van der Waals surface area contributed by atoms with Crippen LogP contribution in [-0.2, 0) is 183 Å². The van der Waals surface area contributed by atoms with Gasteiger partial charge in [-0.15, -0.1) is 0 Å². The maximum Gasteiger partial charge on any atom is 0.471 e. The highest BCUT2D eigenvalue weighted by Gasteiger charge is 2.60. The number of nitrogens with zero attached hydrogens (tertiary/aromatic N) is 3. The second-order valence-electron chi connectivity index (χ2n) is 37.1. The van der Waals surface area contributed by atoms with Crippen molar-refractivity contribution in [3.8, 4) is 0 Å². The molecule has 0 bridgehead atoms. The zero-order valence-corrected chi connectivity index (χ0v) is 82.5. The van der Waals surface area contributed by atoms with E-state index in [1.165, 1.54) is 24.3 Å². The Morgan fingerprint density at radius 3 is 0.933 bits per heavy atom. The van der Waals surface area contributed by atoms with E-state index in [9.17, 15) is 43.9 Å². The van der Waals surface area contributed by atoms with Gasteiger partial charge in [-0.25, -0.2) is 0 Å². The molecule has 5 fully saturated rings. The van der Waals surface area contributed by atoms with Crippen molar-refractivity contribution < 1.29 is 138 Å². The van der Waals surface area contributed by atoms with E-state index in [4.69, 9.17) is 99.5 Å². The van der Waals surface area contributed by atoms with E-state index in [0.717, 1.165) is 50.1 Å². The lowest BCUT2D eigenvalue weighted by Gasteiger charge is -2.53. The minimum Gasteiger partial charge on any atom is -0.394 e. The Hall–Kier alpha value is -11.8. The highest BCUT2D eigenvalue weighted by molar-refractivity contribution is 5.94. The molecule has 25 atom stereocenters. The van der Waals surface area contributed by atoms with Gasteiger partial charge in [-0.3, -0.25) is 4.79 Å². The summed E-state index contributed by atoms with van der Waals surface area (Å²) < 4.78 is 195. The predicted octanol–water partition coefficient (Wildman–Crippen LogP) is 16.6. The highest BCUT2D eigenvalue weighted by Crippen LogP contribution is 2.43. The highest BCUT2D eigenvalue weighted by atomic mass is 19.4. The van der Waals surface area contributed by atoms with Crippen LogP contribution in [0.4, 0.5) is 18.9 Å². The Labute approximate surface area is 868 Å². The number of benzene rings is 12. The van der Waals surface area contributed by atoms with E-state index >= 15 is 0 Å². The molecular weight excluding hydrogens is 1930 g/mol. The largest absolute Gasteiger partial charge is 0.471 e. The minimum atomic E-state index is -5.19. The number of aliphatic hydroxyl groups excluding tert-OH is 4. The number of hydrogen-bond acceptors (Lipinski definition) is 27. The van der Waals surface area contributed by atoms with Crippen molar-refractivity contribution in [3.05, 3.63) is 435 Å². The average Bonchev–Trinajstić information content (AvgIpc) is 0.751. The Balaban J connectivity index is 0.866. The van der Waals surface area contributed by atoms with Crippen LogP contribution < -0.4 is 5.32 Å². The number of carbonyl (C=O) groups excluding carboxylic acids is 1. The van der Waals surface area contributed by atoms with Crippen LogP contribution in [0.2, 0.25) is 0 Å². The summed E-state index contributed by atoms with van der Waals surface area (Å²) in [5.74, 6) is -2.17. The number of aliphatic hydroxyl groups is 4. The zero-order valence-electron chi connectivity index (χ0n) is 82.5. The predicted molar refractivity (Wildman–Crippen MR) is 541 cm³/mol. The van der Waals surface area contributed by atoms with E-state index in [1.54, 1.807) is 0 Å². The number of rotatable bonds is 52. The van der Waals surface area contributed by atoms with E-state index in [0.29, 0.717) is 16.7 Å². The quantitative estimate of drug-likeness (QED) is 0.0134. The summed E-state index contributed by atoms with van der Waals surface area (Å²) in [6, 6.07) is 108. The lowest BCUT2D eigenvalue weighted by molar-refractivity contribution is -0.409. The van der Waals surface area contributed by atoms with E-state index in [-0.39, 0.29) is 111 Å². The molecule has 0 aromatic heterocycles. The monoisotopic (exact) mass is 2060 g/mol. The summed E-state index contributed by atoms with van der Waals surface area (Å²) in [7, 11) is 0. The number of azide groups is 1. The van der Waals surface area contributed by atoms with Crippen molar-refractivity contribution in [3.63, 3.8) is 0 Å². The molecule has 0 unspecified atom stereocenters. The normalized spacial score (nSPS) is 27.0. The van der Waals surface area contributed by atoms with E-state index < -0.39 is 179 Å². The fourth-order valence-electron chi connectivity index (χ4n) is 18.5. The molecule has 790 valence electrons. The van der Waals surface area contributed by atoms with E-state index in [2.05, 4.69) is 10.0 Å². The third-order valence-electron chi connectivity index (χ3n) is 26.3. The first kappa shape index (κ1) is 109. The summed E-state index contributed by atoms with van der Waals surface area (Å²) in [5.41, 5.74) is 19.3. The molecule has 5 N–H and O–H groups in total. The fourth-order valence-corrected chi connectivity index (χ4v) is 18.5. The smallest absolute Gasteiger partial charge is 0.394 e. The molecule has 17 rings (SSSR count). The summed E-state index contributed by atoms with van der Waals surface area (Å²) in [6.45, 7) is -2.76. The van der Waals surface area contributed by atoms with Crippen LogP contribution in [0.3, 0.4) is 0 Å². The van der Waals surface area contributed by atoms with Gasteiger partial charge in [0.25, 0.3) is 0 Å². The molecule has 0 spiro atoms. The van der Waals surface area contributed by atoms with Gasteiger partial charge < -0.3 is 125 Å². The van der Waals surface area contributed by atoms with Gasteiger partial charge >= 0.3 is 12.1 Å². The Kier molecular flexibility index (Phi) is 41.2. The van der Waals surface area contributed by atoms with Crippen molar-refractivity contribution in [1.29, 1.82) is 0 Å². The number of amides is 1. The van der Waals surface area contributed by atoms with Gasteiger partial charge in [0, 0.05) is 10.6 Å². The van der Waals surface area contributed by atoms with Gasteiger partial charge in [0.05, 0.1) is 118 Å². The summed E-state index contributed by atoms with van der Waals surface area (Å²) in [6.07, 6.45) is -42.1. The zero-order chi connectivity index (χ0) is 103. The number of anilines is 1. The average molecular weight is 2060 g/mol.